The minimum Gasteiger partial charge on any atom is -0.396 e. The van der Waals surface area contributed by atoms with E-state index >= 15 is 0 Å². The fourth-order valence-electron chi connectivity index (χ4n) is 0.951. The fourth-order valence-corrected chi connectivity index (χ4v) is 0.951. The van der Waals surface area contributed by atoms with Crippen LogP contribution in [0.1, 0.15) is 39.5 Å². The molecule has 0 aliphatic carbocycles. The Morgan fingerprint density at radius 1 is 1.36 bits per heavy atom. The smallest absolute Gasteiger partial charge is 0.0433 e. The predicted octanol–water partition coefficient (Wildman–Crippen LogP) is 2.75. The van der Waals surface area contributed by atoms with Gasteiger partial charge in [0.2, 0.25) is 0 Å². The standard InChI is InChI=1S/C10H20O/c1-3-4-5-6-7-10(2)8-9-11/h5-6,10-11H,3-4,7-9H2,1-2H3. The van der Waals surface area contributed by atoms with Gasteiger partial charge in [-0.05, 0) is 25.2 Å². The first-order valence-corrected chi connectivity index (χ1v) is 4.57. The Bertz CT molecular complexity index is 97.0. The first-order valence-electron chi connectivity index (χ1n) is 4.57. The Balaban J connectivity index is 3.21. The van der Waals surface area contributed by atoms with Crippen LogP contribution in [0.2, 0.25) is 0 Å². The van der Waals surface area contributed by atoms with Crippen molar-refractivity contribution < 1.29 is 5.11 Å². The number of rotatable bonds is 6. The van der Waals surface area contributed by atoms with E-state index in [1.54, 1.807) is 0 Å². The highest BCUT2D eigenvalue weighted by Crippen LogP contribution is 2.07. The first kappa shape index (κ1) is 10.7. The molecule has 11 heavy (non-hydrogen) atoms. The average Bonchev–Trinajstić information content (AvgIpc) is 1.99. The van der Waals surface area contributed by atoms with Crippen LogP contribution in [0.3, 0.4) is 0 Å². The Morgan fingerprint density at radius 2 is 2.09 bits per heavy atom. The van der Waals surface area contributed by atoms with Crippen LogP contribution >= 0.6 is 0 Å². The van der Waals surface area contributed by atoms with E-state index in [9.17, 15) is 0 Å². The van der Waals surface area contributed by atoms with Crippen LogP contribution in [0.25, 0.3) is 0 Å². The number of hydrogen-bond donors (Lipinski definition) is 1. The number of unbranched alkanes of at least 4 members (excludes halogenated alkanes) is 1. The van der Waals surface area contributed by atoms with Gasteiger partial charge in [0, 0.05) is 6.61 Å². The lowest BCUT2D eigenvalue weighted by atomic mass is 10.0. The van der Waals surface area contributed by atoms with Crippen LogP contribution in [0.5, 0.6) is 0 Å². The van der Waals surface area contributed by atoms with Gasteiger partial charge in [-0.1, -0.05) is 32.4 Å². The van der Waals surface area contributed by atoms with E-state index in [0.717, 1.165) is 12.8 Å². The van der Waals surface area contributed by atoms with Crippen molar-refractivity contribution in [2.75, 3.05) is 6.61 Å². The summed E-state index contributed by atoms with van der Waals surface area (Å²) >= 11 is 0. The molecule has 0 amide bonds. The van der Waals surface area contributed by atoms with E-state index in [-0.39, 0.29) is 0 Å². The van der Waals surface area contributed by atoms with Gasteiger partial charge in [-0.25, -0.2) is 0 Å². The normalized spacial score (nSPS) is 14.1. The highest BCUT2D eigenvalue weighted by Gasteiger charge is 1.96. The van der Waals surface area contributed by atoms with E-state index in [1.165, 1.54) is 12.8 Å². The summed E-state index contributed by atoms with van der Waals surface area (Å²) in [7, 11) is 0. The van der Waals surface area contributed by atoms with Crippen molar-refractivity contribution in [1.82, 2.24) is 0 Å². The van der Waals surface area contributed by atoms with Gasteiger partial charge in [0.15, 0.2) is 0 Å². The molecule has 0 saturated heterocycles. The molecule has 0 bridgehead atoms. The maximum atomic E-state index is 8.62. The second-order valence-corrected chi connectivity index (χ2v) is 3.11. The third-order valence-corrected chi connectivity index (χ3v) is 1.78. The molecule has 1 atom stereocenters. The van der Waals surface area contributed by atoms with Crippen molar-refractivity contribution in [1.29, 1.82) is 0 Å². The lowest BCUT2D eigenvalue weighted by Crippen LogP contribution is -1.95. The van der Waals surface area contributed by atoms with Gasteiger partial charge in [-0.2, -0.15) is 0 Å². The molecule has 0 aromatic heterocycles. The summed E-state index contributed by atoms with van der Waals surface area (Å²) in [5.41, 5.74) is 0. The van der Waals surface area contributed by atoms with Gasteiger partial charge in [-0.15, -0.1) is 0 Å². The van der Waals surface area contributed by atoms with Crippen LogP contribution in [0, 0.1) is 5.92 Å². The molecule has 0 aliphatic rings. The average molecular weight is 156 g/mol. The number of allylic oxidation sites excluding steroid dienone is 2. The summed E-state index contributed by atoms with van der Waals surface area (Å²) in [5, 5.41) is 8.62. The molecule has 0 aliphatic heterocycles. The van der Waals surface area contributed by atoms with Gasteiger partial charge in [0.25, 0.3) is 0 Å². The summed E-state index contributed by atoms with van der Waals surface area (Å²) in [6, 6.07) is 0. The number of aliphatic hydroxyl groups excluding tert-OH is 1. The topological polar surface area (TPSA) is 20.2 Å². The molecule has 0 radical (unpaired) electrons. The van der Waals surface area contributed by atoms with Gasteiger partial charge in [0.1, 0.15) is 0 Å². The molecule has 1 unspecified atom stereocenters. The Morgan fingerprint density at radius 3 is 2.64 bits per heavy atom. The number of aliphatic hydroxyl groups is 1. The molecular weight excluding hydrogens is 136 g/mol. The Labute approximate surface area is 70.1 Å². The summed E-state index contributed by atoms with van der Waals surface area (Å²) in [4.78, 5) is 0. The molecule has 1 N–H and O–H groups in total. The van der Waals surface area contributed by atoms with Crippen molar-refractivity contribution in [3.8, 4) is 0 Å². The van der Waals surface area contributed by atoms with E-state index in [4.69, 9.17) is 5.11 Å². The largest absolute Gasteiger partial charge is 0.396 e. The first-order chi connectivity index (χ1) is 5.31. The highest BCUT2D eigenvalue weighted by atomic mass is 16.2. The summed E-state index contributed by atoms with van der Waals surface area (Å²) in [6.07, 6.45) is 8.91. The van der Waals surface area contributed by atoms with Crippen molar-refractivity contribution in [2.24, 2.45) is 5.92 Å². The molecule has 1 nitrogen and oxygen atoms in total. The van der Waals surface area contributed by atoms with Crippen molar-refractivity contribution in [3.05, 3.63) is 12.2 Å². The van der Waals surface area contributed by atoms with Crippen LogP contribution in [0.15, 0.2) is 12.2 Å². The minimum absolute atomic E-state index is 0.322. The molecule has 66 valence electrons. The molecule has 0 heterocycles. The maximum Gasteiger partial charge on any atom is 0.0433 e. The molecule has 0 aromatic carbocycles. The van der Waals surface area contributed by atoms with Gasteiger partial charge < -0.3 is 5.11 Å². The van der Waals surface area contributed by atoms with Crippen molar-refractivity contribution in [2.45, 2.75) is 39.5 Å². The van der Waals surface area contributed by atoms with E-state index in [1.807, 2.05) is 0 Å². The monoisotopic (exact) mass is 156 g/mol. The zero-order valence-electron chi connectivity index (χ0n) is 7.71. The van der Waals surface area contributed by atoms with Crippen LogP contribution < -0.4 is 0 Å². The molecule has 0 fully saturated rings. The lowest BCUT2D eigenvalue weighted by Gasteiger charge is -2.04. The van der Waals surface area contributed by atoms with E-state index < -0.39 is 0 Å². The Hall–Kier alpha value is -0.300. The van der Waals surface area contributed by atoms with E-state index in [0.29, 0.717) is 12.5 Å². The molecule has 0 aromatic rings. The third-order valence-electron chi connectivity index (χ3n) is 1.78. The maximum absolute atomic E-state index is 8.62. The molecular formula is C10H20O. The highest BCUT2D eigenvalue weighted by molar-refractivity contribution is 4.82. The lowest BCUT2D eigenvalue weighted by molar-refractivity contribution is 0.263. The van der Waals surface area contributed by atoms with Crippen molar-refractivity contribution >= 4 is 0 Å². The minimum atomic E-state index is 0.322. The van der Waals surface area contributed by atoms with Gasteiger partial charge in [-0.3, -0.25) is 0 Å². The van der Waals surface area contributed by atoms with Crippen LogP contribution in [0.4, 0.5) is 0 Å². The van der Waals surface area contributed by atoms with Crippen LogP contribution in [-0.4, -0.2) is 11.7 Å². The molecule has 0 rings (SSSR count). The second kappa shape index (κ2) is 7.80. The predicted molar refractivity (Wildman–Crippen MR) is 49.5 cm³/mol. The van der Waals surface area contributed by atoms with Gasteiger partial charge >= 0.3 is 0 Å². The number of hydrogen-bond acceptors (Lipinski definition) is 1. The molecule has 1 heteroatoms. The van der Waals surface area contributed by atoms with Crippen molar-refractivity contribution in [3.63, 3.8) is 0 Å². The second-order valence-electron chi connectivity index (χ2n) is 3.11. The summed E-state index contributed by atoms with van der Waals surface area (Å²) < 4.78 is 0. The quantitative estimate of drug-likeness (QED) is 0.586. The summed E-state index contributed by atoms with van der Waals surface area (Å²) in [6.45, 7) is 4.68. The zero-order chi connectivity index (χ0) is 8.53. The van der Waals surface area contributed by atoms with Gasteiger partial charge in [0.05, 0.1) is 0 Å². The van der Waals surface area contributed by atoms with Crippen LogP contribution in [-0.2, 0) is 0 Å². The fraction of sp³-hybridized carbons (Fsp3) is 0.800. The van der Waals surface area contributed by atoms with E-state index in [2.05, 4.69) is 26.0 Å². The summed E-state index contributed by atoms with van der Waals surface area (Å²) in [5.74, 6) is 0.633. The molecule has 0 saturated carbocycles. The Kier molecular flexibility index (Phi) is 7.59. The zero-order valence-corrected chi connectivity index (χ0v) is 7.71. The molecule has 0 spiro atoms. The third kappa shape index (κ3) is 7.60. The SMILES string of the molecule is CCCC=CCC(C)CCO.